The van der Waals surface area contributed by atoms with E-state index in [2.05, 4.69) is 62.5 Å². The van der Waals surface area contributed by atoms with Crippen LogP contribution in [0.1, 0.15) is 13.8 Å². The van der Waals surface area contributed by atoms with Gasteiger partial charge in [-0.05, 0) is 60.6 Å². The van der Waals surface area contributed by atoms with Gasteiger partial charge >= 0.3 is 5.13 Å². The van der Waals surface area contributed by atoms with Gasteiger partial charge in [0, 0.05) is 30.2 Å². The van der Waals surface area contributed by atoms with Gasteiger partial charge in [0.25, 0.3) is 0 Å². The number of anilines is 1. The predicted molar refractivity (Wildman–Crippen MR) is 134 cm³/mol. The maximum Gasteiger partial charge on any atom is 0.409 e. The Labute approximate surface area is 207 Å². The zero-order valence-electron chi connectivity index (χ0n) is 19.9. The molecular formula is C22H28N6O5S2. The highest BCUT2D eigenvalue weighted by atomic mass is 32.3. The first-order valence-electron chi connectivity index (χ1n) is 10.9. The van der Waals surface area contributed by atoms with Crippen molar-refractivity contribution in [3.8, 4) is 0 Å². The van der Waals surface area contributed by atoms with Gasteiger partial charge in [-0.2, -0.15) is 5.10 Å². The number of hydrogen-bond donors (Lipinski definition) is 1. The molecule has 4 rings (SSSR count). The van der Waals surface area contributed by atoms with E-state index in [-0.39, 0.29) is 6.61 Å². The highest BCUT2D eigenvalue weighted by molar-refractivity contribution is 7.80. The Morgan fingerprint density at radius 3 is 2.43 bits per heavy atom. The normalized spacial score (nSPS) is 11.8. The van der Waals surface area contributed by atoms with E-state index in [1.54, 1.807) is 11.3 Å². The average molecular weight is 521 g/mol. The van der Waals surface area contributed by atoms with Crippen LogP contribution in [0.25, 0.3) is 21.1 Å². The zero-order valence-corrected chi connectivity index (χ0v) is 21.6. The van der Waals surface area contributed by atoms with Gasteiger partial charge in [0.05, 0.1) is 48.8 Å². The van der Waals surface area contributed by atoms with Gasteiger partial charge in [0.2, 0.25) is 10.4 Å². The summed E-state index contributed by atoms with van der Waals surface area (Å²) in [6, 6.07) is 12.4. The number of nitrogens with zero attached hydrogens (tertiary/aromatic N) is 6. The molecule has 2 aromatic carbocycles. The molecule has 0 amide bonds. The van der Waals surface area contributed by atoms with Crippen LogP contribution in [-0.4, -0.2) is 54.7 Å². The summed E-state index contributed by atoms with van der Waals surface area (Å²) in [6.45, 7) is 6.83. The van der Waals surface area contributed by atoms with Crippen molar-refractivity contribution in [2.24, 2.45) is 17.3 Å². The highest BCUT2D eigenvalue weighted by Gasteiger charge is 2.18. The van der Waals surface area contributed by atoms with Crippen LogP contribution in [0.5, 0.6) is 0 Å². The number of hydrogen-bond acceptors (Lipinski definition) is 10. The van der Waals surface area contributed by atoms with Crippen molar-refractivity contribution in [1.82, 2.24) is 9.78 Å². The van der Waals surface area contributed by atoms with Crippen LogP contribution >= 0.6 is 11.3 Å². The first-order chi connectivity index (χ1) is 16.7. The zero-order chi connectivity index (χ0) is 25.6. The van der Waals surface area contributed by atoms with E-state index in [9.17, 15) is 18.1 Å². The standard InChI is InChI=1S/C21H25N6OS.CH4O4S/c1-4-26(5-2)17-8-6-16(7-9-17)23-24-21-25(3)19-13-18-15(12-20(19)29-21)14-22-27(18)10-11-28;1-5-6(2,3)4/h6-9,12-14,28H,4-5,10-11H2,1-3H3;1H3,(H,2,3,4)/q+1;/p-1. The lowest BCUT2D eigenvalue weighted by molar-refractivity contribution is -0.627. The molecule has 0 bridgehead atoms. The van der Waals surface area contributed by atoms with Gasteiger partial charge in [-0.25, -0.2) is 13.0 Å². The smallest absolute Gasteiger partial charge is 0.409 e. The van der Waals surface area contributed by atoms with Gasteiger partial charge < -0.3 is 14.6 Å². The van der Waals surface area contributed by atoms with Crippen molar-refractivity contribution >= 4 is 59.4 Å². The summed E-state index contributed by atoms with van der Waals surface area (Å²) < 4.78 is 36.0. The maximum absolute atomic E-state index is 9.23. The molecule has 35 heavy (non-hydrogen) atoms. The Kier molecular flexibility index (Phi) is 8.86. The van der Waals surface area contributed by atoms with Crippen molar-refractivity contribution in [2.75, 3.05) is 31.7 Å². The molecule has 1 N–H and O–H groups in total. The summed E-state index contributed by atoms with van der Waals surface area (Å²) in [4.78, 5) is 2.30. The first kappa shape index (κ1) is 26.6. The minimum absolute atomic E-state index is 0.0666. The Morgan fingerprint density at radius 2 is 1.86 bits per heavy atom. The maximum atomic E-state index is 9.23. The van der Waals surface area contributed by atoms with E-state index in [0.717, 1.165) is 52.1 Å². The Balaban J connectivity index is 0.000000509. The van der Waals surface area contributed by atoms with Crippen LogP contribution in [0, 0.1) is 0 Å². The summed E-state index contributed by atoms with van der Waals surface area (Å²) in [6.07, 6.45) is 1.84. The van der Waals surface area contributed by atoms with Crippen molar-refractivity contribution in [3.63, 3.8) is 0 Å². The monoisotopic (exact) mass is 520 g/mol. The van der Waals surface area contributed by atoms with Crippen molar-refractivity contribution in [2.45, 2.75) is 20.4 Å². The molecule has 2 aromatic heterocycles. The van der Waals surface area contributed by atoms with Crippen molar-refractivity contribution in [3.05, 3.63) is 42.6 Å². The second kappa shape index (κ2) is 11.6. The van der Waals surface area contributed by atoms with E-state index in [4.69, 9.17) is 0 Å². The largest absolute Gasteiger partial charge is 0.726 e. The third-order valence-corrected chi connectivity index (χ3v) is 6.81. The van der Waals surface area contributed by atoms with Crippen LogP contribution in [0.4, 0.5) is 16.5 Å². The lowest BCUT2D eigenvalue weighted by Crippen LogP contribution is -2.25. The van der Waals surface area contributed by atoms with Crippen LogP contribution in [0.15, 0.2) is 52.8 Å². The molecule has 0 saturated carbocycles. The van der Waals surface area contributed by atoms with Gasteiger partial charge in [0.1, 0.15) is 11.2 Å². The van der Waals surface area contributed by atoms with E-state index >= 15 is 0 Å². The summed E-state index contributed by atoms with van der Waals surface area (Å²) >= 11 is 1.60. The number of aliphatic hydroxyl groups is 1. The molecule has 11 nitrogen and oxygen atoms in total. The fourth-order valence-electron chi connectivity index (χ4n) is 3.49. The highest BCUT2D eigenvalue weighted by Crippen LogP contribution is 2.31. The molecule has 0 aliphatic heterocycles. The first-order valence-corrected chi connectivity index (χ1v) is 13.0. The van der Waals surface area contributed by atoms with Crippen LogP contribution in [0.3, 0.4) is 0 Å². The summed E-state index contributed by atoms with van der Waals surface area (Å²) in [7, 11) is -1.61. The van der Waals surface area contributed by atoms with Crippen LogP contribution < -0.4 is 9.47 Å². The predicted octanol–water partition coefficient (Wildman–Crippen LogP) is 3.42. The van der Waals surface area contributed by atoms with Crippen LogP contribution in [-0.2, 0) is 28.2 Å². The van der Waals surface area contributed by atoms with Crippen LogP contribution in [0.2, 0.25) is 0 Å². The second-order valence-electron chi connectivity index (χ2n) is 7.38. The SMILES string of the molecule is CCN(CC)c1ccc(N=Nc2sc3cc4cnn(CCO)c4cc3[n+]2C)cc1.COS(=O)(=O)[O-]. The molecular weight excluding hydrogens is 492 g/mol. The fourth-order valence-corrected chi connectivity index (χ4v) is 4.49. The molecule has 0 atom stereocenters. The Bertz CT molecular complexity index is 1410. The van der Waals surface area contributed by atoms with E-state index in [1.807, 2.05) is 34.6 Å². The third kappa shape index (κ3) is 6.58. The number of thiazole rings is 1. The molecule has 0 spiro atoms. The number of aromatic nitrogens is 3. The summed E-state index contributed by atoms with van der Waals surface area (Å²) in [5.74, 6) is 0. The van der Waals surface area contributed by atoms with E-state index in [0.29, 0.717) is 6.54 Å². The quantitative estimate of drug-likeness (QED) is 0.163. The van der Waals surface area contributed by atoms with Gasteiger partial charge in [-0.1, -0.05) is 0 Å². The number of rotatable bonds is 8. The van der Waals surface area contributed by atoms with Gasteiger partial charge in [-0.15, -0.1) is 0 Å². The lowest BCUT2D eigenvalue weighted by Gasteiger charge is -2.20. The third-order valence-electron chi connectivity index (χ3n) is 5.32. The molecule has 13 heteroatoms. The molecule has 2 heterocycles. The minimum Gasteiger partial charge on any atom is -0.726 e. The Morgan fingerprint density at radius 1 is 1.20 bits per heavy atom. The summed E-state index contributed by atoms with van der Waals surface area (Å²) in [5, 5.41) is 24.4. The van der Waals surface area contributed by atoms with Gasteiger partial charge in [-0.3, -0.25) is 8.86 Å². The Hall–Kier alpha value is -2.97. The molecule has 4 aromatic rings. The molecule has 0 aliphatic rings. The summed E-state index contributed by atoms with van der Waals surface area (Å²) in [5.41, 5.74) is 4.12. The van der Waals surface area contributed by atoms with E-state index < -0.39 is 10.4 Å². The molecule has 188 valence electrons. The lowest BCUT2D eigenvalue weighted by atomic mass is 10.2. The van der Waals surface area contributed by atoms with Gasteiger partial charge in [0.15, 0.2) is 0 Å². The second-order valence-corrected chi connectivity index (χ2v) is 9.54. The number of aliphatic hydroxyl groups excluding tert-OH is 1. The molecule has 0 unspecified atom stereocenters. The van der Waals surface area contributed by atoms with Crippen molar-refractivity contribution < 1.29 is 26.8 Å². The number of aryl methyl sites for hydroxylation is 1. The number of azo groups is 1. The number of fused-ring (bicyclic) bond motifs is 2. The molecule has 0 saturated heterocycles. The fraction of sp³-hybridized carbons (Fsp3) is 0.364. The molecule has 0 aliphatic carbocycles. The topological polar surface area (TPSA) is 136 Å². The molecule has 0 radical (unpaired) electrons. The van der Waals surface area contributed by atoms with Crippen molar-refractivity contribution in [1.29, 1.82) is 0 Å². The minimum atomic E-state index is -4.41. The van der Waals surface area contributed by atoms with E-state index in [1.165, 1.54) is 5.69 Å². The average Bonchev–Trinajstić information content (AvgIpc) is 3.38. The molecule has 0 fully saturated rings. The number of benzene rings is 2.